The van der Waals surface area contributed by atoms with Crippen molar-refractivity contribution < 1.29 is 19.5 Å². The second-order valence-electron chi connectivity index (χ2n) is 6.13. The first-order valence-corrected chi connectivity index (χ1v) is 7.71. The van der Waals surface area contributed by atoms with Gasteiger partial charge in [0.2, 0.25) is 11.8 Å². The first kappa shape index (κ1) is 15.8. The molecule has 6 heteroatoms. The molecule has 2 aliphatic rings. The number of amides is 2. The maximum atomic E-state index is 12.6. The smallest absolute Gasteiger partial charge is 0.329 e. The maximum Gasteiger partial charge on any atom is 0.329 e. The fraction of sp³-hybridized carbons (Fsp3) is 0.800. The second-order valence-corrected chi connectivity index (χ2v) is 6.13. The second kappa shape index (κ2) is 6.03. The van der Waals surface area contributed by atoms with Gasteiger partial charge in [-0.15, -0.1) is 0 Å². The standard InChI is InChI=1S/C15H24N2O4/c1-3-17-10-11(9-12(17)18)13(19)16(2)15(14(20)21)7-5-4-6-8-15/h11H,3-10H2,1-2H3,(H,20,21). The van der Waals surface area contributed by atoms with E-state index in [0.29, 0.717) is 25.9 Å². The van der Waals surface area contributed by atoms with Crippen LogP contribution in [0.2, 0.25) is 0 Å². The summed E-state index contributed by atoms with van der Waals surface area (Å²) in [5, 5.41) is 9.63. The van der Waals surface area contributed by atoms with Crippen LogP contribution in [-0.2, 0) is 14.4 Å². The maximum absolute atomic E-state index is 12.6. The molecule has 1 aliphatic heterocycles. The molecule has 1 aliphatic carbocycles. The molecule has 0 radical (unpaired) electrons. The van der Waals surface area contributed by atoms with Gasteiger partial charge < -0.3 is 14.9 Å². The number of likely N-dealkylation sites (N-methyl/N-ethyl adjacent to an activating group) is 1. The van der Waals surface area contributed by atoms with Crippen LogP contribution >= 0.6 is 0 Å². The van der Waals surface area contributed by atoms with Crippen LogP contribution in [0.4, 0.5) is 0 Å². The quantitative estimate of drug-likeness (QED) is 0.842. The number of carbonyl (C=O) groups excluding carboxylic acids is 2. The molecule has 0 spiro atoms. The topological polar surface area (TPSA) is 77.9 Å². The zero-order chi connectivity index (χ0) is 15.6. The minimum atomic E-state index is -1.09. The van der Waals surface area contributed by atoms with E-state index in [-0.39, 0.29) is 18.2 Å². The lowest BCUT2D eigenvalue weighted by Gasteiger charge is -2.41. The van der Waals surface area contributed by atoms with Gasteiger partial charge in [-0.2, -0.15) is 0 Å². The number of aliphatic carboxylic acids is 1. The predicted octanol–water partition coefficient (Wildman–Crippen LogP) is 1.10. The van der Waals surface area contributed by atoms with E-state index >= 15 is 0 Å². The van der Waals surface area contributed by atoms with Crippen molar-refractivity contribution >= 4 is 17.8 Å². The van der Waals surface area contributed by atoms with Gasteiger partial charge in [0.1, 0.15) is 5.54 Å². The van der Waals surface area contributed by atoms with Crippen LogP contribution in [0.3, 0.4) is 0 Å². The Labute approximate surface area is 125 Å². The number of hydrogen-bond donors (Lipinski definition) is 1. The van der Waals surface area contributed by atoms with Crippen LogP contribution in [0, 0.1) is 5.92 Å². The summed E-state index contributed by atoms with van der Waals surface area (Å²) in [5.41, 5.74) is -1.09. The molecular formula is C15H24N2O4. The Hall–Kier alpha value is -1.59. The van der Waals surface area contributed by atoms with E-state index < -0.39 is 17.4 Å². The van der Waals surface area contributed by atoms with Gasteiger partial charge in [0.25, 0.3) is 0 Å². The summed E-state index contributed by atoms with van der Waals surface area (Å²) in [4.78, 5) is 39.2. The van der Waals surface area contributed by atoms with Gasteiger partial charge >= 0.3 is 5.97 Å². The summed E-state index contributed by atoms with van der Waals surface area (Å²) in [5.74, 6) is -1.55. The summed E-state index contributed by atoms with van der Waals surface area (Å²) in [6.07, 6.45) is 3.88. The van der Waals surface area contributed by atoms with Crippen molar-refractivity contribution in [3.05, 3.63) is 0 Å². The average molecular weight is 296 g/mol. The van der Waals surface area contributed by atoms with Crippen molar-refractivity contribution in [3.63, 3.8) is 0 Å². The van der Waals surface area contributed by atoms with Crippen molar-refractivity contribution in [1.82, 2.24) is 9.80 Å². The Morgan fingerprint density at radius 2 is 1.95 bits per heavy atom. The molecule has 0 aromatic heterocycles. The SMILES string of the molecule is CCN1CC(C(=O)N(C)C2(C(=O)O)CCCCC2)CC1=O. The highest BCUT2D eigenvalue weighted by molar-refractivity contribution is 5.92. The molecule has 1 saturated carbocycles. The molecule has 2 fully saturated rings. The zero-order valence-corrected chi connectivity index (χ0v) is 12.8. The minimum Gasteiger partial charge on any atom is -0.479 e. The lowest BCUT2D eigenvalue weighted by Crippen LogP contribution is -2.57. The first-order valence-electron chi connectivity index (χ1n) is 7.71. The molecule has 1 heterocycles. The number of hydrogen-bond acceptors (Lipinski definition) is 3. The van der Waals surface area contributed by atoms with Crippen LogP contribution in [0.15, 0.2) is 0 Å². The highest BCUT2D eigenvalue weighted by atomic mass is 16.4. The van der Waals surface area contributed by atoms with E-state index in [1.807, 2.05) is 6.92 Å². The van der Waals surface area contributed by atoms with Crippen molar-refractivity contribution in [1.29, 1.82) is 0 Å². The van der Waals surface area contributed by atoms with Crippen molar-refractivity contribution in [2.75, 3.05) is 20.1 Å². The third-order valence-corrected chi connectivity index (χ3v) is 5.00. The summed E-state index contributed by atoms with van der Waals surface area (Å²) in [6.45, 7) is 2.89. The highest BCUT2D eigenvalue weighted by Gasteiger charge is 2.48. The number of rotatable bonds is 4. The van der Waals surface area contributed by atoms with Crippen molar-refractivity contribution in [3.8, 4) is 0 Å². The number of carbonyl (C=O) groups is 3. The molecule has 2 amide bonds. The zero-order valence-electron chi connectivity index (χ0n) is 12.8. The van der Waals surface area contributed by atoms with E-state index in [0.717, 1.165) is 19.3 Å². The van der Waals surface area contributed by atoms with E-state index in [1.165, 1.54) is 4.90 Å². The molecule has 1 atom stereocenters. The summed E-state index contributed by atoms with van der Waals surface area (Å²) < 4.78 is 0. The monoisotopic (exact) mass is 296 g/mol. The van der Waals surface area contributed by atoms with E-state index in [1.54, 1.807) is 11.9 Å². The molecule has 1 saturated heterocycles. The van der Waals surface area contributed by atoms with Crippen LogP contribution < -0.4 is 0 Å². The molecule has 0 bridgehead atoms. The number of likely N-dealkylation sites (tertiary alicyclic amines) is 1. The molecule has 0 aromatic carbocycles. The molecular weight excluding hydrogens is 272 g/mol. The molecule has 0 aromatic rings. The average Bonchev–Trinajstić information content (AvgIpc) is 2.87. The number of carboxylic acids is 1. The van der Waals surface area contributed by atoms with Crippen LogP contribution in [0.1, 0.15) is 45.4 Å². The third kappa shape index (κ3) is 2.76. The van der Waals surface area contributed by atoms with Crippen LogP contribution in [0.5, 0.6) is 0 Å². The molecule has 1 unspecified atom stereocenters. The highest BCUT2D eigenvalue weighted by Crippen LogP contribution is 2.35. The summed E-state index contributed by atoms with van der Waals surface area (Å²) in [6, 6.07) is 0. The first-order chi connectivity index (χ1) is 9.92. The van der Waals surface area contributed by atoms with E-state index in [9.17, 15) is 19.5 Å². The lowest BCUT2D eigenvalue weighted by atomic mass is 9.80. The Morgan fingerprint density at radius 1 is 1.33 bits per heavy atom. The molecule has 2 rings (SSSR count). The largest absolute Gasteiger partial charge is 0.479 e. The Kier molecular flexibility index (Phi) is 4.54. The minimum absolute atomic E-state index is 0.0164. The van der Waals surface area contributed by atoms with Crippen molar-refractivity contribution in [2.24, 2.45) is 5.92 Å². The Bertz CT molecular complexity index is 443. The van der Waals surface area contributed by atoms with Gasteiger partial charge in [0.05, 0.1) is 5.92 Å². The van der Waals surface area contributed by atoms with Crippen LogP contribution in [-0.4, -0.2) is 58.4 Å². The lowest BCUT2D eigenvalue weighted by molar-refractivity contribution is -0.161. The fourth-order valence-corrected chi connectivity index (χ4v) is 3.56. The summed E-state index contributed by atoms with van der Waals surface area (Å²) in [7, 11) is 1.58. The van der Waals surface area contributed by atoms with E-state index in [4.69, 9.17) is 0 Å². The Balaban J connectivity index is 2.14. The van der Waals surface area contributed by atoms with Gasteiger partial charge in [-0.1, -0.05) is 19.3 Å². The van der Waals surface area contributed by atoms with Crippen LogP contribution in [0.25, 0.3) is 0 Å². The Morgan fingerprint density at radius 3 is 2.43 bits per heavy atom. The van der Waals surface area contributed by atoms with Gasteiger partial charge in [-0.3, -0.25) is 9.59 Å². The number of nitrogens with zero attached hydrogens (tertiary/aromatic N) is 2. The van der Waals surface area contributed by atoms with E-state index in [2.05, 4.69) is 0 Å². The predicted molar refractivity (Wildman–Crippen MR) is 76.6 cm³/mol. The molecule has 21 heavy (non-hydrogen) atoms. The normalized spacial score (nSPS) is 25.0. The van der Waals surface area contributed by atoms with Crippen molar-refractivity contribution in [2.45, 2.75) is 51.0 Å². The van der Waals surface area contributed by atoms with Gasteiger partial charge in [-0.05, 0) is 19.8 Å². The molecule has 1 N–H and O–H groups in total. The summed E-state index contributed by atoms with van der Waals surface area (Å²) >= 11 is 0. The van der Waals surface area contributed by atoms with Gasteiger partial charge in [0.15, 0.2) is 0 Å². The fourth-order valence-electron chi connectivity index (χ4n) is 3.56. The molecule has 118 valence electrons. The van der Waals surface area contributed by atoms with Gasteiger partial charge in [0, 0.05) is 26.6 Å². The molecule has 6 nitrogen and oxygen atoms in total. The number of carboxylic acid groups (broad SMARTS) is 1. The van der Waals surface area contributed by atoms with Gasteiger partial charge in [-0.25, -0.2) is 4.79 Å². The third-order valence-electron chi connectivity index (χ3n) is 5.00.